The molecular formula is C17H14Cl2F2N2O2. The largest absolute Gasteiger partial charge is 0.506 e. The van der Waals surface area contributed by atoms with Gasteiger partial charge < -0.3 is 15.6 Å². The lowest BCUT2D eigenvalue weighted by molar-refractivity contribution is 0.387. The lowest BCUT2D eigenvalue weighted by atomic mass is 9.90. The molecule has 1 saturated carbocycles. The molecule has 4 nitrogen and oxygen atoms in total. The van der Waals surface area contributed by atoms with Crippen molar-refractivity contribution in [2.75, 3.05) is 12.8 Å². The average molecular weight is 387 g/mol. The van der Waals surface area contributed by atoms with Crippen LogP contribution >= 0.6 is 23.2 Å². The maximum Gasteiger partial charge on any atom is 0.176 e. The van der Waals surface area contributed by atoms with Crippen LogP contribution in [0.15, 0.2) is 17.7 Å². The minimum atomic E-state index is -0.983. The Balaban J connectivity index is 2.26. The Hall–Kier alpha value is -2.05. The van der Waals surface area contributed by atoms with Crippen LogP contribution in [0.5, 0.6) is 5.75 Å². The summed E-state index contributed by atoms with van der Waals surface area (Å²) in [6, 6.07) is 2.62. The van der Waals surface area contributed by atoms with Gasteiger partial charge in [0, 0.05) is 5.56 Å². The molecule has 1 aliphatic carbocycles. The van der Waals surface area contributed by atoms with Gasteiger partial charge in [-0.2, -0.15) is 0 Å². The molecule has 0 spiro atoms. The predicted molar refractivity (Wildman–Crippen MR) is 94.0 cm³/mol. The number of hydrogen-bond acceptors (Lipinski definition) is 4. The average Bonchev–Trinajstić information content (AvgIpc) is 2.52. The zero-order valence-electron chi connectivity index (χ0n) is 13.2. The van der Waals surface area contributed by atoms with Crippen molar-refractivity contribution in [3.63, 3.8) is 0 Å². The van der Waals surface area contributed by atoms with Crippen molar-refractivity contribution in [2.45, 2.75) is 19.3 Å². The Labute approximate surface area is 152 Å². The molecule has 1 aliphatic rings. The number of aliphatic hydroxyl groups is 1. The molecule has 0 aliphatic heterocycles. The maximum atomic E-state index is 14.6. The van der Waals surface area contributed by atoms with Gasteiger partial charge in [-0.05, 0) is 37.0 Å². The van der Waals surface area contributed by atoms with Crippen LogP contribution < -0.4 is 10.5 Å². The summed E-state index contributed by atoms with van der Waals surface area (Å²) < 4.78 is 34.1. The molecule has 8 heteroatoms. The number of pyridine rings is 1. The zero-order chi connectivity index (χ0) is 18.3. The minimum absolute atomic E-state index is 0.0331. The van der Waals surface area contributed by atoms with Crippen LogP contribution in [0.25, 0.3) is 17.0 Å². The molecule has 25 heavy (non-hydrogen) atoms. The van der Waals surface area contributed by atoms with E-state index in [-0.39, 0.29) is 38.5 Å². The van der Waals surface area contributed by atoms with Gasteiger partial charge in [0.1, 0.15) is 17.1 Å². The smallest absolute Gasteiger partial charge is 0.176 e. The lowest BCUT2D eigenvalue weighted by Gasteiger charge is -2.20. The quantitative estimate of drug-likeness (QED) is 0.694. The molecule has 1 fully saturated rings. The fourth-order valence-corrected chi connectivity index (χ4v) is 2.99. The molecule has 132 valence electrons. The Morgan fingerprint density at radius 3 is 2.48 bits per heavy atom. The third kappa shape index (κ3) is 2.89. The first kappa shape index (κ1) is 17.8. The second kappa shape index (κ2) is 6.69. The third-order valence-corrected chi connectivity index (χ3v) is 4.82. The summed E-state index contributed by atoms with van der Waals surface area (Å²) in [7, 11) is 1.24. The van der Waals surface area contributed by atoms with Gasteiger partial charge in [0.2, 0.25) is 0 Å². The molecule has 1 aromatic carbocycles. The summed E-state index contributed by atoms with van der Waals surface area (Å²) in [5.74, 6) is -2.25. The molecule has 0 bridgehead atoms. The number of halogens is 4. The Kier molecular flexibility index (Phi) is 4.75. The Morgan fingerprint density at radius 2 is 1.92 bits per heavy atom. The van der Waals surface area contributed by atoms with Crippen molar-refractivity contribution in [2.24, 2.45) is 0 Å². The highest BCUT2D eigenvalue weighted by atomic mass is 35.5. The van der Waals surface area contributed by atoms with E-state index in [1.165, 1.54) is 19.2 Å². The van der Waals surface area contributed by atoms with E-state index in [4.69, 9.17) is 33.7 Å². The summed E-state index contributed by atoms with van der Waals surface area (Å²) in [5, 5.41) is 10.2. The summed E-state index contributed by atoms with van der Waals surface area (Å²) in [6.07, 6.45) is 2.32. The molecule has 0 radical (unpaired) electrons. The van der Waals surface area contributed by atoms with E-state index in [9.17, 15) is 13.9 Å². The number of aromatic nitrogens is 1. The van der Waals surface area contributed by atoms with Crippen LogP contribution in [0.1, 0.15) is 25.0 Å². The molecule has 0 atom stereocenters. The summed E-state index contributed by atoms with van der Waals surface area (Å²) >= 11 is 11.9. The van der Waals surface area contributed by atoms with Crippen molar-refractivity contribution < 1.29 is 18.6 Å². The van der Waals surface area contributed by atoms with Gasteiger partial charge in [-0.15, -0.1) is 0 Å². The highest BCUT2D eigenvalue weighted by Gasteiger charge is 2.26. The number of nitrogens with two attached hydrogens (primary N) is 1. The number of rotatable bonds is 3. The molecule has 2 aromatic rings. The zero-order valence-corrected chi connectivity index (χ0v) is 14.7. The minimum Gasteiger partial charge on any atom is -0.506 e. The van der Waals surface area contributed by atoms with Crippen molar-refractivity contribution in [1.29, 1.82) is 0 Å². The van der Waals surface area contributed by atoms with E-state index >= 15 is 0 Å². The highest BCUT2D eigenvalue weighted by molar-refractivity contribution is 6.34. The second-order valence-electron chi connectivity index (χ2n) is 5.60. The van der Waals surface area contributed by atoms with Crippen LogP contribution in [0.2, 0.25) is 10.0 Å². The number of nitrogen functional groups attached to an aromatic ring is 1. The number of nitrogens with zero attached hydrogens (tertiary/aromatic N) is 1. The molecule has 3 N–H and O–H groups in total. The predicted octanol–water partition coefficient (Wildman–Crippen LogP) is 5.38. The van der Waals surface area contributed by atoms with Crippen LogP contribution in [0, 0.1) is 11.6 Å². The van der Waals surface area contributed by atoms with Crippen molar-refractivity contribution >= 4 is 34.6 Å². The third-order valence-electron chi connectivity index (χ3n) is 4.14. The van der Waals surface area contributed by atoms with Crippen LogP contribution in [-0.2, 0) is 0 Å². The van der Waals surface area contributed by atoms with E-state index < -0.39 is 17.3 Å². The van der Waals surface area contributed by atoms with Crippen molar-refractivity contribution in [1.82, 2.24) is 4.98 Å². The van der Waals surface area contributed by atoms with E-state index in [1.54, 1.807) is 0 Å². The number of aliphatic hydroxyl groups excluding tert-OH is 1. The van der Waals surface area contributed by atoms with Crippen molar-refractivity contribution in [3.8, 4) is 17.0 Å². The van der Waals surface area contributed by atoms with Gasteiger partial charge >= 0.3 is 0 Å². The maximum absolute atomic E-state index is 14.6. The first-order chi connectivity index (χ1) is 11.9. The van der Waals surface area contributed by atoms with E-state index in [2.05, 4.69) is 4.98 Å². The van der Waals surface area contributed by atoms with Gasteiger partial charge in [0.25, 0.3) is 0 Å². The van der Waals surface area contributed by atoms with Gasteiger partial charge in [0.15, 0.2) is 17.4 Å². The summed E-state index contributed by atoms with van der Waals surface area (Å²) in [6.45, 7) is 0. The fraction of sp³-hybridized carbons (Fsp3) is 0.235. The first-order valence-electron chi connectivity index (χ1n) is 7.45. The van der Waals surface area contributed by atoms with Gasteiger partial charge in [-0.3, -0.25) is 0 Å². The normalized spacial score (nSPS) is 13.6. The second-order valence-corrected chi connectivity index (χ2v) is 6.38. The number of anilines is 1. The monoisotopic (exact) mass is 386 g/mol. The molecule has 1 aromatic heterocycles. The molecule has 0 unspecified atom stereocenters. The molecule has 0 saturated heterocycles. The SMILES string of the molecule is COc1c(Cl)ccc(-c2nc(C(O)=C3CCC3)c(Cl)c(N)c2F)c1F. The topological polar surface area (TPSA) is 68.4 Å². The Morgan fingerprint density at radius 1 is 1.24 bits per heavy atom. The number of ether oxygens (including phenoxy) is 1. The molecule has 0 amide bonds. The fourth-order valence-electron chi connectivity index (χ4n) is 2.56. The highest BCUT2D eigenvalue weighted by Crippen LogP contribution is 2.41. The number of methoxy groups -OCH3 is 1. The van der Waals surface area contributed by atoms with Crippen LogP contribution in [-0.4, -0.2) is 17.2 Å². The van der Waals surface area contributed by atoms with Crippen molar-refractivity contribution in [3.05, 3.63) is 45.1 Å². The lowest BCUT2D eigenvalue weighted by Crippen LogP contribution is -2.08. The first-order valence-corrected chi connectivity index (χ1v) is 8.20. The van der Waals surface area contributed by atoms with Gasteiger partial charge in [0.05, 0.1) is 22.8 Å². The summed E-state index contributed by atoms with van der Waals surface area (Å²) in [5.41, 5.74) is 5.39. The molecular weight excluding hydrogens is 373 g/mol. The standard InChI is InChI=1S/C17H14Cl2F2N2O2/c1-25-17-9(18)6-5-8(11(17)20)14-12(21)13(22)10(19)15(23-14)16(24)7-3-2-4-7/h5-6,24H,2-4H2,1H3,(H2,22,23). The van der Waals surface area contributed by atoms with Crippen LogP contribution in [0.4, 0.5) is 14.5 Å². The number of allylic oxidation sites excluding steroid dienone is 1. The van der Waals surface area contributed by atoms with Gasteiger partial charge in [-0.25, -0.2) is 13.8 Å². The molecule has 3 rings (SSSR count). The Bertz CT molecular complexity index is 895. The number of benzene rings is 1. The van der Waals surface area contributed by atoms with E-state index in [0.717, 1.165) is 12.0 Å². The van der Waals surface area contributed by atoms with E-state index in [0.29, 0.717) is 12.8 Å². The van der Waals surface area contributed by atoms with Gasteiger partial charge in [-0.1, -0.05) is 23.2 Å². The van der Waals surface area contributed by atoms with Crippen LogP contribution in [0.3, 0.4) is 0 Å². The molecule has 1 heterocycles. The number of hydrogen-bond donors (Lipinski definition) is 2. The van der Waals surface area contributed by atoms with E-state index in [1.807, 2.05) is 0 Å². The summed E-state index contributed by atoms with van der Waals surface area (Å²) in [4.78, 5) is 4.04.